The van der Waals surface area contributed by atoms with Crippen LogP contribution in [-0.4, -0.2) is 34.3 Å². The van der Waals surface area contributed by atoms with Crippen LogP contribution in [-0.2, 0) is 0 Å². The van der Waals surface area contributed by atoms with Crippen LogP contribution in [0.5, 0.6) is 0 Å². The van der Waals surface area contributed by atoms with Crippen LogP contribution >= 0.6 is 0 Å². The molecule has 4 rings (SSSR count). The molecular formula is C19H19N3O. The maximum atomic E-state index is 9.45. The van der Waals surface area contributed by atoms with Crippen molar-refractivity contribution in [1.29, 1.82) is 0 Å². The second-order valence-corrected chi connectivity index (χ2v) is 5.90. The number of nitrogens with zero attached hydrogens (tertiary/aromatic N) is 3. The number of anilines is 1. The maximum Gasteiger partial charge on any atom is 0.162 e. The average Bonchev–Trinajstić information content (AvgIpc) is 3.44. The molecule has 0 atom stereocenters. The van der Waals surface area contributed by atoms with Crippen molar-refractivity contribution in [3.8, 4) is 11.4 Å². The van der Waals surface area contributed by atoms with Crippen molar-refractivity contribution in [2.75, 3.05) is 18.1 Å². The Morgan fingerprint density at radius 3 is 2.43 bits per heavy atom. The number of fused-ring (bicyclic) bond motifs is 1. The molecule has 4 heteroatoms. The van der Waals surface area contributed by atoms with Crippen molar-refractivity contribution < 1.29 is 5.11 Å². The molecule has 0 radical (unpaired) electrons. The van der Waals surface area contributed by atoms with Crippen molar-refractivity contribution in [3.63, 3.8) is 0 Å². The van der Waals surface area contributed by atoms with Crippen molar-refractivity contribution in [3.05, 3.63) is 54.6 Å². The van der Waals surface area contributed by atoms with Gasteiger partial charge in [0.15, 0.2) is 5.82 Å². The summed E-state index contributed by atoms with van der Waals surface area (Å²) in [6, 6.07) is 18.6. The van der Waals surface area contributed by atoms with E-state index in [2.05, 4.69) is 11.0 Å². The van der Waals surface area contributed by atoms with Crippen molar-refractivity contribution in [2.45, 2.75) is 18.9 Å². The zero-order chi connectivity index (χ0) is 15.6. The van der Waals surface area contributed by atoms with Crippen LogP contribution in [0.2, 0.25) is 0 Å². The van der Waals surface area contributed by atoms with Crippen LogP contribution in [0.25, 0.3) is 22.3 Å². The lowest BCUT2D eigenvalue weighted by atomic mass is 10.1. The van der Waals surface area contributed by atoms with Gasteiger partial charge in [0.2, 0.25) is 0 Å². The Labute approximate surface area is 135 Å². The monoisotopic (exact) mass is 305 g/mol. The van der Waals surface area contributed by atoms with E-state index in [-0.39, 0.29) is 6.61 Å². The summed E-state index contributed by atoms with van der Waals surface area (Å²) in [6.07, 6.45) is 2.33. The van der Waals surface area contributed by atoms with E-state index in [0.717, 1.165) is 28.1 Å². The van der Waals surface area contributed by atoms with Crippen LogP contribution in [0.3, 0.4) is 0 Å². The Morgan fingerprint density at radius 1 is 0.957 bits per heavy atom. The minimum absolute atomic E-state index is 0.134. The molecule has 1 aliphatic carbocycles. The van der Waals surface area contributed by atoms with Crippen molar-refractivity contribution in [2.24, 2.45) is 0 Å². The third-order valence-electron chi connectivity index (χ3n) is 4.22. The highest BCUT2D eigenvalue weighted by molar-refractivity contribution is 5.91. The minimum Gasteiger partial charge on any atom is -0.395 e. The van der Waals surface area contributed by atoms with E-state index < -0.39 is 0 Å². The number of aliphatic hydroxyl groups is 1. The molecule has 1 fully saturated rings. The quantitative estimate of drug-likeness (QED) is 0.786. The van der Waals surface area contributed by atoms with E-state index in [0.29, 0.717) is 12.6 Å². The van der Waals surface area contributed by atoms with Gasteiger partial charge in [-0.25, -0.2) is 9.97 Å². The molecule has 1 N–H and O–H groups in total. The van der Waals surface area contributed by atoms with Crippen LogP contribution < -0.4 is 4.90 Å². The molecule has 0 unspecified atom stereocenters. The highest BCUT2D eigenvalue weighted by Gasteiger charge is 2.31. The van der Waals surface area contributed by atoms with Gasteiger partial charge in [0.25, 0.3) is 0 Å². The lowest BCUT2D eigenvalue weighted by molar-refractivity contribution is 0.301. The second-order valence-electron chi connectivity index (χ2n) is 5.90. The third-order valence-corrected chi connectivity index (χ3v) is 4.22. The first-order chi connectivity index (χ1) is 11.4. The summed E-state index contributed by atoms with van der Waals surface area (Å²) in [5.74, 6) is 1.67. The number of aromatic nitrogens is 2. The molecule has 0 spiro atoms. The largest absolute Gasteiger partial charge is 0.395 e. The molecule has 23 heavy (non-hydrogen) atoms. The van der Waals surface area contributed by atoms with E-state index in [4.69, 9.17) is 9.97 Å². The van der Waals surface area contributed by atoms with Crippen molar-refractivity contribution >= 4 is 16.7 Å². The summed E-state index contributed by atoms with van der Waals surface area (Å²) in [6.45, 7) is 0.745. The zero-order valence-corrected chi connectivity index (χ0v) is 12.9. The Bertz CT molecular complexity index is 815. The molecule has 0 bridgehead atoms. The summed E-state index contributed by atoms with van der Waals surface area (Å²) in [5.41, 5.74) is 1.96. The molecule has 2 aromatic carbocycles. The summed E-state index contributed by atoms with van der Waals surface area (Å²) in [7, 11) is 0. The molecule has 0 aliphatic heterocycles. The van der Waals surface area contributed by atoms with Gasteiger partial charge in [0.1, 0.15) is 5.82 Å². The Balaban J connectivity index is 1.90. The molecule has 116 valence electrons. The number of aliphatic hydroxyl groups excluding tert-OH is 1. The first-order valence-corrected chi connectivity index (χ1v) is 8.06. The summed E-state index contributed by atoms with van der Waals surface area (Å²) >= 11 is 0. The number of rotatable bonds is 5. The van der Waals surface area contributed by atoms with Gasteiger partial charge >= 0.3 is 0 Å². The van der Waals surface area contributed by atoms with Crippen molar-refractivity contribution in [1.82, 2.24) is 9.97 Å². The van der Waals surface area contributed by atoms with Gasteiger partial charge < -0.3 is 10.0 Å². The van der Waals surface area contributed by atoms with Gasteiger partial charge in [-0.15, -0.1) is 0 Å². The number of benzene rings is 2. The van der Waals surface area contributed by atoms with Gasteiger partial charge in [-0.05, 0) is 25.0 Å². The van der Waals surface area contributed by atoms with Crippen LogP contribution in [0, 0.1) is 0 Å². The fourth-order valence-electron chi connectivity index (χ4n) is 2.95. The predicted octanol–water partition coefficient (Wildman–Crippen LogP) is 3.26. The lowest BCUT2D eigenvalue weighted by Crippen LogP contribution is -2.30. The fourth-order valence-corrected chi connectivity index (χ4v) is 2.95. The molecular weight excluding hydrogens is 286 g/mol. The van der Waals surface area contributed by atoms with E-state index in [1.54, 1.807) is 0 Å². The molecule has 3 aromatic rings. The molecule has 1 heterocycles. The van der Waals surface area contributed by atoms with Gasteiger partial charge in [-0.2, -0.15) is 0 Å². The van der Waals surface area contributed by atoms with E-state index >= 15 is 0 Å². The maximum absolute atomic E-state index is 9.45. The topological polar surface area (TPSA) is 49.2 Å². The highest BCUT2D eigenvalue weighted by Crippen LogP contribution is 2.35. The Kier molecular flexibility index (Phi) is 3.67. The number of hydrogen-bond donors (Lipinski definition) is 1. The molecule has 4 nitrogen and oxygen atoms in total. The smallest absolute Gasteiger partial charge is 0.162 e. The minimum atomic E-state index is 0.134. The van der Waals surface area contributed by atoms with E-state index in [9.17, 15) is 5.11 Å². The summed E-state index contributed by atoms with van der Waals surface area (Å²) < 4.78 is 0. The molecule has 1 aliphatic rings. The van der Waals surface area contributed by atoms with Gasteiger partial charge in [0, 0.05) is 23.5 Å². The standard InChI is InChI=1S/C19H19N3O/c23-13-12-22(15-10-11-15)19-16-8-4-5-9-17(16)20-18(21-19)14-6-2-1-3-7-14/h1-9,15,23H,10-13H2. The third kappa shape index (κ3) is 2.78. The first kappa shape index (κ1) is 14.2. The number of para-hydroxylation sites is 1. The molecule has 1 aromatic heterocycles. The average molecular weight is 305 g/mol. The Morgan fingerprint density at radius 2 is 1.70 bits per heavy atom. The van der Waals surface area contributed by atoms with Crippen LogP contribution in [0.4, 0.5) is 5.82 Å². The van der Waals surface area contributed by atoms with Gasteiger partial charge in [-0.3, -0.25) is 0 Å². The molecule has 0 saturated heterocycles. The van der Waals surface area contributed by atoms with Crippen LogP contribution in [0.1, 0.15) is 12.8 Å². The predicted molar refractivity (Wildman–Crippen MR) is 92.4 cm³/mol. The SMILES string of the molecule is OCCN(c1nc(-c2ccccc2)nc2ccccc12)C1CC1. The first-order valence-electron chi connectivity index (χ1n) is 8.06. The van der Waals surface area contributed by atoms with E-state index in [1.807, 2.05) is 48.5 Å². The highest BCUT2D eigenvalue weighted by atomic mass is 16.3. The second kappa shape index (κ2) is 5.97. The fraction of sp³-hybridized carbons (Fsp3) is 0.263. The molecule has 0 amide bonds. The number of hydrogen-bond acceptors (Lipinski definition) is 4. The zero-order valence-electron chi connectivity index (χ0n) is 12.9. The van der Waals surface area contributed by atoms with Gasteiger partial charge in [-0.1, -0.05) is 42.5 Å². The molecule has 1 saturated carbocycles. The summed E-state index contributed by atoms with van der Waals surface area (Å²) in [4.78, 5) is 11.8. The normalized spacial score (nSPS) is 14.1. The lowest BCUT2D eigenvalue weighted by Gasteiger charge is -2.24. The van der Waals surface area contributed by atoms with Crippen LogP contribution in [0.15, 0.2) is 54.6 Å². The summed E-state index contributed by atoms with van der Waals surface area (Å²) in [5, 5.41) is 10.5. The van der Waals surface area contributed by atoms with Gasteiger partial charge in [0.05, 0.1) is 12.1 Å². The Hall–Kier alpha value is -2.46. The van der Waals surface area contributed by atoms with E-state index in [1.165, 1.54) is 12.8 Å².